The zero-order valence-electron chi connectivity index (χ0n) is 10.6. The molecule has 0 fully saturated rings. The lowest BCUT2D eigenvalue weighted by Gasteiger charge is -2.21. The SMILES string of the molecule is CCN(CC)CCC(N)c1cscc1C(F)(F)F. The molecule has 1 unspecified atom stereocenters. The summed E-state index contributed by atoms with van der Waals surface area (Å²) in [7, 11) is 0. The van der Waals surface area contributed by atoms with E-state index in [1.807, 2.05) is 13.8 Å². The molecule has 18 heavy (non-hydrogen) atoms. The summed E-state index contributed by atoms with van der Waals surface area (Å²) >= 11 is 1.05. The van der Waals surface area contributed by atoms with Crippen molar-refractivity contribution < 1.29 is 13.2 Å². The molecule has 0 saturated carbocycles. The number of hydrogen-bond donors (Lipinski definition) is 1. The van der Waals surface area contributed by atoms with Crippen molar-refractivity contribution in [3.8, 4) is 0 Å². The smallest absolute Gasteiger partial charge is 0.324 e. The first-order valence-electron chi connectivity index (χ1n) is 6.01. The van der Waals surface area contributed by atoms with Crippen LogP contribution >= 0.6 is 11.3 Å². The number of halogens is 3. The normalized spacial score (nSPS) is 14.2. The van der Waals surface area contributed by atoms with Gasteiger partial charge in [-0.05, 0) is 37.0 Å². The van der Waals surface area contributed by atoms with E-state index in [-0.39, 0.29) is 5.56 Å². The first-order valence-corrected chi connectivity index (χ1v) is 6.95. The maximum Gasteiger partial charge on any atom is 0.417 e. The zero-order valence-corrected chi connectivity index (χ0v) is 11.4. The molecule has 2 nitrogen and oxygen atoms in total. The molecule has 0 saturated heterocycles. The van der Waals surface area contributed by atoms with Crippen LogP contribution in [0.2, 0.25) is 0 Å². The van der Waals surface area contributed by atoms with E-state index in [1.54, 1.807) is 0 Å². The lowest BCUT2D eigenvalue weighted by atomic mass is 10.0. The van der Waals surface area contributed by atoms with Crippen molar-refractivity contribution in [3.05, 3.63) is 21.9 Å². The number of rotatable bonds is 6. The third-order valence-corrected chi connectivity index (χ3v) is 3.81. The van der Waals surface area contributed by atoms with Crippen LogP contribution in [0.1, 0.15) is 37.4 Å². The molecule has 104 valence electrons. The minimum Gasteiger partial charge on any atom is -0.324 e. The maximum absolute atomic E-state index is 12.7. The molecule has 1 atom stereocenters. The topological polar surface area (TPSA) is 29.3 Å². The molecule has 0 bridgehead atoms. The average molecular weight is 280 g/mol. The molecule has 1 aromatic heterocycles. The van der Waals surface area contributed by atoms with Crippen LogP contribution in [0, 0.1) is 0 Å². The predicted molar refractivity (Wildman–Crippen MR) is 68.7 cm³/mol. The molecule has 1 rings (SSSR count). The quantitative estimate of drug-likeness (QED) is 0.864. The highest BCUT2D eigenvalue weighted by molar-refractivity contribution is 7.08. The summed E-state index contributed by atoms with van der Waals surface area (Å²) in [6.45, 7) is 6.56. The van der Waals surface area contributed by atoms with Crippen LogP contribution in [-0.4, -0.2) is 24.5 Å². The van der Waals surface area contributed by atoms with Crippen molar-refractivity contribution in [3.63, 3.8) is 0 Å². The van der Waals surface area contributed by atoms with Crippen molar-refractivity contribution in [1.29, 1.82) is 0 Å². The Morgan fingerprint density at radius 1 is 1.28 bits per heavy atom. The summed E-state index contributed by atoms with van der Waals surface area (Å²) in [6, 6.07) is -0.548. The molecule has 0 amide bonds. The Morgan fingerprint density at radius 3 is 2.39 bits per heavy atom. The molecular weight excluding hydrogens is 261 g/mol. The van der Waals surface area contributed by atoms with E-state index in [1.165, 1.54) is 5.38 Å². The predicted octanol–water partition coefficient (Wildman–Crippen LogP) is 3.50. The van der Waals surface area contributed by atoms with E-state index in [0.29, 0.717) is 6.42 Å². The van der Waals surface area contributed by atoms with Crippen LogP contribution in [-0.2, 0) is 6.18 Å². The largest absolute Gasteiger partial charge is 0.417 e. The van der Waals surface area contributed by atoms with Gasteiger partial charge in [0.2, 0.25) is 0 Å². The summed E-state index contributed by atoms with van der Waals surface area (Å²) in [5, 5.41) is 2.64. The van der Waals surface area contributed by atoms with E-state index in [2.05, 4.69) is 4.90 Å². The highest BCUT2D eigenvalue weighted by Gasteiger charge is 2.35. The second-order valence-corrected chi connectivity index (χ2v) is 4.90. The Balaban J connectivity index is 2.67. The summed E-state index contributed by atoms with van der Waals surface area (Å²) < 4.78 is 38.1. The highest BCUT2D eigenvalue weighted by Crippen LogP contribution is 2.37. The van der Waals surface area contributed by atoms with Crippen LogP contribution < -0.4 is 5.73 Å². The van der Waals surface area contributed by atoms with Crippen LogP contribution in [0.5, 0.6) is 0 Å². The first-order chi connectivity index (χ1) is 8.40. The molecular formula is C12H19F3N2S. The van der Waals surface area contributed by atoms with Crippen molar-refractivity contribution in [2.75, 3.05) is 19.6 Å². The maximum atomic E-state index is 12.7. The Kier molecular flexibility index (Phi) is 5.62. The van der Waals surface area contributed by atoms with E-state index in [4.69, 9.17) is 5.73 Å². The fraction of sp³-hybridized carbons (Fsp3) is 0.667. The van der Waals surface area contributed by atoms with Gasteiger partial charge in [0.05, 0.1) is 5.56 Å². The minimum atomic E-state index is -4.30. The lowest BCUT2D eigenvalue weighted by Crippen LogP contribution is -2.27. The van der Waals surface area contributed by atoms with Gasteiger partial charge in [-0.15, -0.1) is 0 Å². The van der Waals surface area contributed by atoms with Crippen molar-refractivity contribution in [2.45, 2.75) is 32.5 Å². The third-order valence-electron chi connectivity index (χ3n) is 3.05. The molecule has 0 aliphatic carbocycles. The Labute approximate surface area is 110 Å². The number of nitrogens with two attached hydrogens (primary N) is 1. The van der Waals surface area contributed by atoms with E-state index >= 15 is 0 Å². The molecule has 0 radical (unpaired) electrons. The number of hydrogen-bond acceptors (Lipinski definition) is 3. The third kappa shape index (κ3) is 3.96. The average Bonchev–Trinajstić information content (AvgIpc) is 2.78. The van der Waals surface area contributed by atoms with Gasteiger partial charge in [-0.3, -0.25) is 0 Å². The van der Waals surface area contributed by atoms with E-state index in [9.17, 15) is 13.2 Å². The van der Waals surface area contributed by atoms with Crippen LogP contribution in [0.3, 0.4) is 0 Å². The summed E-state index contributed by atoms with van der Waals surface area (Å²) in [5.74, 6) is 0. The van der Waals surface area contributed by atoms with Gasteiger partial charge in [0.25, 0.3) is 0 Å². The van der Waals surface area contributed by atoms with Crippen LogP contribution in [0.25, 0.3) is 0 Å². The lowest BCUT2D eigenvalue weighted by molar-refractivity contribution is -0.138. The summed E-state index contributed by atoms with van der Waals surface area (Å²) in [5.41, 5.74) is 5.51. The van der Waals surface area contributed by atoms with Gasteiger partial charge in [-0.2, -0.15) is 24.5 Å². The molecule has 2 N–H and O–H groups in total. The minimum absolute atomic E-state index is 0.222. The second-order valence-electron chi connectivity index (χ2n) is 4.16. The van der Waals surface area contributed by atoms with Crippen LogP contribution in [0.4, 0.5) is 13.2 Å². The van der Waals surface area contributed by atoms with Gasteiger partial charge in [-0.1, -0.05) is 13.8 Å². The monoisotopic (exact) mass is 280 g/mol. The van der Waals surface area contributed by atoms with Gasteiger partial charge in [0.15, 0.2) is 0 Å². The molecule has 1 heterocycles. The zero-order chi connectivity index (χ0) is 13.8. The standard InChI is InChI=1S/C12H19F3N2S/c1-3-17(4-2)6-5-11(16)9-7-18-8-10(9)12(13,14)15/h7-8,11H,3-6,16H2,1-2H3. The van der Waals surface area contributed by atoms with Gasteiger partial charge in [0, 0.05) is 11.4 Å². The second kappa shape index (κ2) is 6.54. The molecule has 0 aliphatic rings. The van der Waals surface area contributed by atoms with Crippen molar-refractivity contribution in [1.82, 2.24) is 4.90 Å². The Hall–Kier alpha value is -0.590. The van der Waals surface area contributed by atoms with Gasteiger partial charge >= 0.3 is 6.18 Å². The van der Waals surface area contributed by atoms with Gasteiger partial charge < -0.3 is 10.6 Å². The van der Waals surface area contributed by atoms with E-state index in [0.717, 1.165) is 36.4 Å². The number of nitrogens with zero attached hydrogens (tertiary/aromatic N) is 1. The number of thiophene rings is 1. The summed E-state index contributed by atoms with van der Waals surface area (Å²) in [6.07, 6.45) is -3.76. The van der Waals surface area contributed by atoms with Gasteiger partial charge in [0.1, 0.15) is 0 Å². The van der Waals surface area contributed by atoms with Gasteiger partial charge in [-0.25, -0.2) is 0 Å². The van der Waals surface area contributed by atoms with Crippen molar-refractivity contribution in [2.24, 2.45) is 5.73 Å². The fourth-order valence-electron chi connectivity index (χ4n) is 1.84. The van der Waals surface area contributed by atoms with Crippen molar-refractivity contribution >= 4 is 11.3 Å². The number of alkyl halides is 3. The summed E-state index contributed by atoms with van der Waals surface area (Å²) in [4.78, 5) is 2.15. The van der Waals surface area contributed by atoms with E-state index < -0.39 is 17.8 Å². The molecule has 0 spiro atoms. The Bertz CT molecular complexity index is 358. The molecule has 0 aliphatic heterocycles. The molecule has 0 aromatic carbocycles. The fourth-order valence-corrected chi connectivity index (χ4v) is 2.76. The Morgan fingerprint density at radius 2 is 1.89 bits per heavy atom. The molecule has 1 aromatic rings. The highest BCUT2D eigenvalue weighted by atomic mass is 32.1. The first kappa shape index (κ1) is 15.5. The van der Waals surface area contributed by atoms with Crippen LogP contribution in [0.15, 0.2) is 10.8 Å². The molecule has 6 heteroatoms.